The zero-order chi connectivity index (χ0) is 15.0. The first-order valence-electron chi connectivity index (χ1n) is 5.73. The minimum atomic E-state index is -1.08. The molecular weight excluding hydrogens is 266 g/mol. The van der Waals surface area contributed by atoms with Crippen LogP contribution in [0.15, 0.2) is 23.3 Å². The van der Waals surface area contributed by atoms with E-state index in [1.807, 2.05) is 0 Å². The number of aliphatic carboxylic acids is 1. The highest BCUT2D eigenvalue weighted by atomic mass is 16.5. The summed E-state index contributed by atoms with van der Waals surface area (Å²) in [5.41, 5.74) is 7.55. The SMILES string of the molecule is CCOc1cc(C=NNC(N)=O)ccc1OCC(=O)O. The van der Waals surface area contributed by atoms with Gasteiger partial charge in [0.1, 0.15) is 0 Å². The Labute approximate surface area is 115 Å². The van der Waals surface area contributed by atoms with Gasteiger partial charge in [-0.15, -0.1) is 0 Å². The molecule has 0 heterocycles. The van der Waals surface area contributed by atoms with E-state index in [1.54, 1.807) is 25.1 Å². The normalized spacial score (nSPS) is 10.2. The molecule has 0 bridgehead atoms. The van der Waals surface area contributed by atoms with Crippen molar-refractivity contribution < 1.29 is 24.2 Å². The van der Waals surface area contributed by atoms with Crippen molar-refractivity contribution in [2.24, 2.45) is 10.8 Å². The van der Waals surface area contributed by atoms with Crippen molar-refractivity contribution in [3.8, 4) is 11.5 Å². The first-order chi connectivity index (χ1) is 9.52. The summed E-state index contributed by atoms with van der Waals surface area (Å²) in [7, 11) is 0. The monoisotopic (exact) mass is 281 g/mol. The predicted octanol–water partition coefficient (Wildman–Crippen LogP) is 0.551. The Morgan fingerprint density at radius 3 is 2.75 bits per heavy atom. The van der Waals surface area contributed by atoms with Crippen LogP contribution in [0.5, 0.6) is 11.5 Å². The summed E-state index contributed by atoms with van der Waals surface area (Å²) in [4.78, 5) is 20.9. The number of hydrogen-bond acceptors (Lipinski definition) is 5. The van der Waals surface area contributed by atoms with Crippen LogP contribution in [-0.2, 0) is 4.79 Å². The van der Waals surface area contributed by atoms with Crippen molar-refractivity contribution in [3.63, 3.8) is 0 Å². The third-order valence-corrected chi connectivity index (χ3v) is 2.01. The first kappa shape index (κ1) is 15.3. The van der Waals surface area contributed by atoms with E-state index in [4.69, 9.17) is 20.3 Å². The number of benzene rings is 1. The van der Waals surface area contributed by atoms with Gasteiger partial charge in [0, 0.05) is 0 Å². The van der Waals surface area contributed by atoms with Crippen molar-refractivity contribution in [2.45, 2.75) is 6.92 Å². The molecule has 20 heavy (non-hydrogen) atoms. The fraction of sp³-hybridized carbons (Fsp3) is 0.250. The molecule has 2 amide bonds. The Bertz CT molecular complexity index is 516. The van der Waals surface area contributed by atoms with Crippen LogP contribution in [0.2, 0.25) is 0 Å². The molecule has 108 valence electrons. The lowest BCUT2D eigenvalue weighted by Crippen LogP contribution is -2.24. The first-order valence-corrected chi connectivity index (χ1v) is 5.73. The molecule has 0 radical (unpaired) electrons. The number of hydrazone groups is 1. The van der Waals surface area contributed by atoms with Crippen LogP contribution in [0.1, 0.15) is 12.5 Å². The summed E-state index contributed by atoms with van der Waals surface area (Å²) in [5.74, 6) is -0.380. The minimum Gasteiger partial charge on any atom is -0.490 e. The molecule has 1 aromatic carbocycles. The summed E-state index contributed by atoms with van der Waals surface area (Å²) >= 11 is 0. The van der Waals surface area contributed by atoms with Gasteiger partial charge in [0.05, 0.1) is 12.8 Å². The smallest absolute Gasteiger partial charge is 0.341 e. The van der Waals surface area contributed by atoms with Crippen LogP contribution in [0.3, 0.4) is 0 Å². The summed E-state index contributed by atoms with van der Waals surface area (Å²) in [6.45, 7) is 1.72. The average molecular weight is 281 g/mol. The number of nitrogens with two attached hydrogens (primary N) is 1. The molecule has 1 rings (SSSR count). The zero-order valence-corrected chi connectivity index (χ0v) is 10.8. The molecule has 4 N–H and O–H groups in total. The third kappa shape index (κ3) is 5.25. The van der Waals surface area contributed by atoms with Crippen LogP contribution in [-0.4, -0.2) is 36.5 Å². The number of amides is 2. The number of nitrogens with zero attached hydrogens (tertiary/aromatic N) is 1. The molecule has 0 aliphatic rings. The fourth-order valence-electron chi connectivity index (χ4n) is 1.30. The number of hydrogen-bond donors (Lipinski definition) is 3. The van der Waals surface area contributed by atoms with E-state index in [2.05, 4.69) is 10.5 Å². The van der Waals surface area contributed by atoms with Gasteiger partial charge < -0.3 is 20.3 Å². The van der Waals surface area contributed by atoms with Crippen molar-refractivity contribution in [1.82, 2.24) is 5.43 Å². The summed E-state index contributed by atoms with van der Waals surface area (Å²) in [6, 6.07) is 4.02. The van der Waals surface area contributed by atoms with Gasteiger partial charge in [0.2, 0.25) is 0 Å². The van der Waals surface area contributed by atoms with Crippen molar-refractivity contribution >= 4 is 18.2 Å². The van der Waals surface area contributed by atoms with Gasteiger partial charge in [-0.3, -0.25) is 0 Å². The van der Waals surface area contributed by atoms with Crippen molar-refractivity contribution in [2.75, 3.05) is 13.2 Å². The number of urea groups is 1. The molecule has 1 aromatic rings. The number of ether oxygens (including phenoxy) is 2. The molecule has 0 saturated heterocycles. The van der Waals surface area contributed by atoms with Gasteiger partial charge in [0.25, 0.3) is 0 Å². The third-order valence-electron chi connectivity index (χ3n) is 2.01. The highest BCUT2D eigenvalue weighted by Gasteiger charge is 2.07. The average Bonchev–Trinajstić information content (AvgIpc) is 2.37. The standard InChI is InChI=1S/C12H15N3O5/c1-2-19-10-5-8(6-14-15-12(13)18)3-4-9(10)20-7-11(16)17/h3-6H,2,7H2,1H3,(H,16,17)(H3,13,15,18). The molecule has 0 aliphatic carbocycles. The maximum Gasteiger partial charge on any atom is 0.341 e. The van der Waals surface area contributed by atoms with Crippen LogP contribution >= 0.6 is 0 Å². The van der Waals surface area contributed by atoms with E-state index in [-0.39, 0.29) is 0 Å². The van der Waals surface area contributed by atoms with Crippen LogP contribution in [0, 0.1) is 0 Å². The van der Waals surface area contributed by atoms with E-state index < -0.39 is 18.6 Å². The quantitative estimate of drug-likeness (QED) is 0.497. The molecule has 0 atom stereocenters. The molecule has 0 spiro atoms. The second-order valence-corrected chi connectivity index (χ2v) is 3.56. The molecule has 0 aliphatic heterocycles. The van der Waals surface area contributed by atoms with Gasteiger partial charge >= 0.3 is 12.0 Å². The van der Waals surface area contributed by atoms with Gasteiger partial charge in [-0.25, -0.2) is 15.0 Å². The second-order valence-electron chi connectivity index (χ2n) is 3.56. The van der Waals surface area contributed by atoms with E-state index in [1.165, 1.54) is 6.21 Å². The number of carboxylic acids is 1. The highest BCUT2D eigenvalue weighted by Crippen LogP contribution is 2.27. The summed E-state index contributed by atoms with van der Waals surface area (Å²) in [5, 5.41) is 12.2. The Balaban J connectivity index is 2.85. The molecule has 8 heteroatoms. The Kier molecular flexibility index (Phi) is 5.82. The molecule has 0 fully saturated rings. The molecule has 0 unspecified atom stereocenters. The molecular formula is C12H15N3O5. The molecule has 0 saturated carbocycles. The number of primary amides is 1. The van der Waals surface area contributed by atoms with Crippen molar-refractivity contribution in [1.29, 1.82) is 0 Å². The topological polar surface area (TPSA) is 123 Å². The summed E-state index contributed by atoms with van der Waals surface area (Å²) in [6.07, 6.45) is 1.37. The van der Waals surface area contributed by atoms with E-state index >= 15 is 0 Å². The lowest BCUT2D eigenvalue weighted by Gasteiger charge is -2.11. The van der Waals surface area contributed by atoms with Crippen LogP contribution < -0.4 is 20.6 Å². The van der Waals surface area contributed by atoms with Gasteiger partial charge in [0.15, 0.2) is 18.1 Å². The maximum atomic E-state index is 10.5. The number of carbonyl (C=O) groups excluding carboxylic acids is 1. The van der Waals surface area contributed by atoms with Gasteiger partial charge in [-0.1, -0.05) is 0 Å². The largest absolute Gasteiger partial charge is 0.490 e. The van der Waals surface area contributed by atoms with Crippen LogP contribution in [0.4, 0.5) is 4.79 Å². The number of carbonyl (C=O) groups is 2. The minimum absolute atomic E-state index is 0.314. The number of rotatable bonds is 7. The Hall–Kier alpha value is -2.77. The van der Waals surface area contributed by atoms with Crippen molar-refractivity contribution in [3.05, 3.63) is 23.8 Å². The Morgan fingerprint density at radius 1 is 1.40 bits per heavy atom. The summed E-state index contributed by atoms with van der Waals surface area (Å²) < 4.78 is 10.4. The predicted molar refractivity (Wildman–Crippen MR) is 71.1 cm³/mol. The molecule has 8 nitrogen and oxygen atoms in total. The number of nitrogens with one attached hydrogen (secondary N) is 1. The van der Waals surface area contributed by atoms with E-state index in [0.29, 0.717) is 23.7 Å². The molecule has 0 aromatic heterocycles. The maximum absolute atomic E-state index is 10.5. The van der Waals surface area contributed by atoms with Gasteiger partial charge in [-0.05, 0) is 30.7 Å². The van der Waals surface area contributed by atoms with E-state index in [0.717, 1.165) is 0 Å². The zero-order valence-electron chi connectivity index (χ0n) is 10.8. The second kappa shape index (κ2) is 7.62. The highest BCUT2D eigenvalue weighted by molar-refractivity contribution is 5.82. The van der Waals surface area contributed by atoms with Gasteiger partial charge in [-0.2, -0.15) is 5.10 Å². The fourth-order valence-corrected chi connectivity index (χ4v) is 1.30. The van der Waals surface area contributed by atoms with E-state index in [9.17, 15) is 9.59 Å². The van der Waals surface area contributed by atoms with Crippen LogP contribution in [0.25, 0.3) is 0 Å². The Morgan fingerprint density at radius 2 is 2.15 bits per heavy atom. The number of carboxylic acid groups (broad SMARTS) is 1. The lowest BCUT2D eigenvalue weighted by atomic mass is 10.2. The lowest BCUT2D eigenvalue weighted by molar-refractivity contribution is -0.139.